The van der Waals surface area contributed by atoms with E-state index in [-0.39, 0.29) is 29.4 Å². The summed E-state index contributed by atoms with van der Waals surface area (Å²) >= 11 is 0. The van der Waals surface area contributed by atoms with Crippen LogP contribution in [-0.2, 0) is 16.2 Å². The molecule has 7 nitrogen and oxygen atoms in total. The Kier molecular flexibility index (Phi) is 6.71. The average molecular weight is 446 g/mol. The third kappa shape index (κ3) is 5.72. The Morgan fingerprint density at radius 2 is 1.90 bits per heavy atom. The van der Waals surface area contributed by atoms with Gasteiger partial charge in [-0.3, -0.25) is 0 Å². The molecule has 1 saturated carbocycles. The molecule has 1 fully saturated rings. The molecule has 0 spiro atoms. The average Bonchev–Trinajstić information content (AvgIpc) is 3.15. The third-order valence-electron chi connectivity index (χ3n) is 5.24. The predicted octanol–water partition coefficient (Wildman–Crippen LogP) is 4.05. The molecule has 0 bridgehead atoms. The highest BCUT2D eigenvalue weighted by molar-refractivity contribution is 7.90. The minimum Gasteiger partial charge on any atom is -0.335 e. The largest absolute Gasteiger partial charge is 0.416 e. The van der Waals surface area contributed by atoms with E-state index in [0.29, 0.717) is 6.54 Å². The highest BCUT2D eigenvalue weighted by atomic mass is 32.2. The summed E-state index contributed by atoms with van der Waals surface area (Å²) in [6.07, 6.45) is -1.16. The van der Waals surface area contributed by atoms with Crippen LogP contribution in [-0.4, -0.2) is 36.4 Å². The van der Waals surface area contributed by atoms with E-state index in [1.165, 1.54) is 12.1 Å². The van der Waals surface area contributed by atoms with Crippen molar-refractivity contribution >= 4 is 16.0 Å². The maximum absolute atomic E-state index is 12.9. The number of rotatable bonds is 7. The van der Waals surface area contributed by atoms with Gasteiger partial charge in [-0.1, -0.05) is 17.3 Å². The van der Waals surface area contributed by atoms with Gasteiger partial charge in [-0.25, -0.2) is 13.1 Å². The van der Waals surface area contributed by atoms with E-state index < -0.39 is 27.0 Å². The van der Waals surface area contributed by atoms with Crippen LogP contribution in [0.1, 0.15) is 45.1 Å². The Balaban J connectivity index is 1.53. The van der Waals surface area contributed by atoms with Crippen LogP contribution in [0.15, 0.2) is 28.8 Å². The highest BCUT2D eigenvalue weighted by Crippen LogP contribution is 2.32. The van der Waals surface area contributed by atoms with E-state index >= 15 is 0 Å². The molecule has 0 aliphatic heterocycles. The Morgan fingerprint density at radius 1 is 1.20 bits per heavy atom. The van der Waals surface area contributed by atoms with E-state index in [9.17, 15) is 21.6 Å². The van der Waals surface area contributed by atoms with Crippen molar-refractivity contribution in [1.82, 2.24) is 14.9 Å². The SMILES string of the molecule is CC(C)S(=O)(=O)NC[C@H]1CC[C@H](Nc2nc(-c3cccc(C(F)(F)F)c3)no2)CC1. The van der Waals surface area contributed by atoms with Gasteiger partial charge in [0.05, 0.1) is 10.8 Å². The molecule has 1 heterocycles. The number of hydrogen-bond donors (Lipinski definition) is 2. The highest BCUT2D eigenvalue weighted by Gasteiger charge is 2.31. The molecule has 11 heteroatoms. The van der Waals surface area contributed by atoms with Crippen molar-refractivity contribution in [2.24, 2.45) is 5.92 Å². The minimum absolute atomic E-state index is 0.0813. The van der Waals surface area contributed by atoms with Gasteiger partial charge in [0, 0.05) is 18.2 Å². The van der Waals surface area contributed by atoms with Crippen LogP contribution in [0.2, 0.25) is 0 Å². The van der Waals surface area contributed by atoms with Crippen LogP contribution in [0.3, 0.4) is 0 Å². The van der Waals surface area contributed by atoms with Gasteiger partial charge >= 0.3 is 12.2 Å². The molecule has 2 N–H and O–H groups in total. The number of nitrogens with one attached hydrogen (secondary N) is 2. The predicted molar refractivity (Wildman–Crippen MR) is 106 cm³/mol. The first kappa shape index (κ1) is 22.5. The van der Waals surface area contributed by atoms with Crippen LogP contribution in [0.25, 0.3) is 11.4 Å². The summed E-state index contributed by atoms with van der Waals surface area (Å²) in [7, 11) is -3.26. The molecule has 166 valence electrons. The van der Waals surface area contributed by atoms with Gasteiger partial charge in [0.2, 0.25) is 15.8 Å². The fourth-order valence-electron chi connectivity index (χ4n) is 3.32. The quantitative estimate of drug-likeness (QED) is 0.666. The molecule has 1 aliphatic rings. The number of alkyl halides is 3. The number of sulfonamides is 1. The molecular formula is C19H25F3N4O3S. The summed E-state index contributed by atoms with van der Waals surface area (Å²) < 4.78 is 70.2. The van der Waals surface area contributed by atoms with Gasteiger partial charge < -0.3 is 9.84 Å². The standard InChI is InChI=1S/C19H25F3N4O3S/c1-12(2)30(27,28)23-11-13-6-8-16(9-7-13)24-18-25-17(26-29-18)14-4-3-5-15(10-14)19(20,21)22/h3-5,10,12-13,16,23H,6-9,11H2,1-2H3,(H,24,25,26)/t13-,16-. The molecule has 0 radical (unpaired) electrons. The van der Waals surface area contributed by atoms with E-state index in [1.807, 2.05) is 0 Å². The zero-order valence-corrected chi connectivity index (χ0v) is 17.6. The van der Waals surface area contributed by atoms with Crippen LogP contribution in [0.4, 0.5) is 19.2 Å². The monoisotopic (exact) mass is 446 g/mol. The molecule has 0 amide bonds. The second-order valence-electron chi connectivity index (χ2n) is 7.81. The lowest BCUT2D eigenvalue weighted by Gasteiger charge is -2.28. The van der Waals surface area contributed by atoms with Crippen LogP contribution in [0.5, 0.6) is 0 Å². The van der Waals surface area contributed by atoms with Gasteiger partial charge in [0.25, 0.3) is 0 Å². The first-order valence-electron chi connectivity index (χ1n) is 9.81. The van der Waals surface area contributed by atoms with Crippen LogP contribution < -0.4 is 10.0 Å². The zero-order chi connectivity index (χ0) is 21.9. The molecule has 3 rings (SSSR count). The molecule has 30 heavy (non-hydrogen) atoms. The lowest BCUT2D eigenvalue weighted by molar-refractivity contribution is -0.137. The Hall–Kier alpha value is -2.14. The first-order valence-corrected chi connectivity index (χ1v) is 11.4. The fraction of sp³-hybridized carbons (Fsp3) is 0.579. The molecule has 2 aromatic rings. The van der Waals surface area contributed by atoms with E-state index in [4.69, 9.17) is 4.52 Å². The van der Waals surface area contributed by atoms with Gasteiger partial charge in [0.15, 0.2) is 0 Å². The maximum atomic E-state index is 12.9. The van der Waals surface area contributed by atoms with Gasteiger partial charge in [-0.15, -0.1) is 0 Å². The summed E-state index contributed by atoms with van der Waals surface area (Å²) in [4.78, 5) is 4.16. The molecule has 1 aromatic heterocycles. The lowest BCUT2D eigenvalue weighted by Crippen LogP contribution is -2.37. The molecule has 0 saturated heterocycles. The summed E-state index contributed by atoms with van der Waals surface area (Å²) in [5.41, 5.74) is -0.548. The van der Waals surface area contributed by atoms with Crippen molar-refractivity contribution in [1.29, 1.82) is 0 Å². The molecule has 0 unspecified atom stereocenters. The number of halogens is 3. The van der Waals surface area contributed by atoms with Crippen molar-refractivity contribution in [2.75, 3.05) is 11.9 Å². The second kappa shape index (κ2) is 8.93. The Morgan fingerprint density at radius 3 is 2.53 bits per heavy atom. The van der Waals surface area contributed by atoms with Gasteiger partial charge in [-0.2, -0.15) is 18.2 Å². The summed E-state index contributed by atoms with van der Waals surface area (Å²) in [6, 6.07) is 5.01. The number of aromatic nitrogens is 2. The van der Waals surface area contributed by atoms with Crippen molar-refractivity contribution in [3.63, 3.8) is 0 Å². The molecule has 0 atom stereocenters. The molecular weight excluding hydrogens is 421 g/mol. The normalized spacial score (nSPS) is 20.5. The summed E-state index contributed by atoms with van der Waals surface area (Å²) in [5.74, 6) is 0.348. The van der Waals surface area contributed by atoms with Gasteiger partial charge in [0.1, 0.15) is 0 Å². The van der Waals surface area contributed by atoms with E-state index in [1.54, 1.807) is 13.8 Å². The van der Waals surface area contributed by atoms with E-state index in [2.05, 4.69) is 20.2 Å². The number of nitrogens with zero attached hydrogens (tertiary/aromatic N) is 2. The van der Waals surface area contributed by atoms with Crippen molar-refractivity contribution in [3.8, 4) is 11.4 Å². The topological polar surface area (TPSA) is 97.1 Å². The zero-order valence-electron chi connectivity index (χ0n) is 16.7. The maximum Gasteiger partial charge on any atom is 0.416 e. The number of hydrogen-bond acceptors (Lipinski definition) is 6. The Labute approximate surface area is 173 Å². The van der Waals surface area contributed by atoms with Crippen LogP contribution in [0, 0.1) is 5.92 Å². The summed E-state index contributed by atoms with van der Waals surface area (Å²) in [5, 5.41) is 6.44. The minimum atomic E-state index is -4.44. The van der Waals surface area contributed by atoms with Crippen molar-refractivity contribution in [3.05, 3.63) is 29.8 Å². The Bertz CT molecular complexity index is 952. The second-order valence-corrected chi connectivity index (χ2v) is 10.1. The smallest absolute Gasteiger partial charge is 0.335 e. The third-order valence-corrected chi connectivity index (χ3v) is 7.05. The lowest BCUT2D eigenvalue weighted by atomic mass is 9.86. The van der Waals surface area contributed by atoms with Crippen molar-refractivity contribution in [2.45, 2.75) is 57.0 Å². The number of benzene rings is 1. The van der Waals surface area contributed by atoms with Gasteiger partial charge in [-0.05, 0) is 57.6 Å². The molecule has 1 aliphatic carbocycles. The number of anilines is 1. The van der Waals surface area contributed by atoms with E-state index in [0.717, 1.165) is 37.8 Å². The van der Waals surface area contributed by atoms with Crippen molar-refractivity contribution < 1.29 is 26.1 Å². The summed E-state index contributed by atoms with van der Waals surface area (Å²) in [6.45, 7) is 3.70. The van der Waals surface area contributed by atoms with Crippen LogP contribution >= 0.6 is 0 Å². The fourth-order valence-corrected chi connectivity index (χ4v) is 4.12. The first-order chi connectivity index (χ1) is 14.0. The molecule has 1 aromatic carbocycles.